The summed E-state index contributed by atoms with van der Waals surface area (Å²) in [5.74, 6) is 3.65. The number of carbonyl (C=O) groups is 1. The number of amides is 1. The molecule has 2 unspecified atom stereocenters. The number of methoxy groups -OCH3 is 1. The minimum atomic E-state index is 0.0333. The fourth-order valence-corrected chi connectivity index (χ4v) is 2.30. The molecule has 2 atom stereocenters. The smallest absolute Gasteiger partial charge is 0.224 e. The zero-order valence-electron chi connectivity index (χ0n) is 10.7. The van der Waals surface area contributed by atoms with E-state index in [0.717, 1.165) is 11.3 Å². The largest absolute Gasteiger partial charge is 0.497 e. The van der Waals surface area contributed by atoms with Crippen molar-refractivity contribution in [1.29, 1.82) is 0 Å². The van der Waals surface area contributed by atoms with Gasteiger partial charge in [-0.25, -0.2) is 0 Å². The lowest BCUT2D eigenvalue weighted by atomic mass is 10.1. The van der Waals surface area contributed by atoms with Crippen LogP contribution in [0.3, 0.4) is 0 Å². The van der Waals surface area contributed by atoms with Crippen LogP contribution in [0.15, 0.2) is 24.3 Å². The third-order valence-electron chi connectivity index (χ3n) is 3.44. The van der Waals surface area contributed by atoms with E-state index in [-0.39, 0.29) is 17.9 Å². The minimum absolute atomic E-state index is 0.0333. The molecule has 0 N–H and O–H groups in total. The Labute approximate surface area is 108 Å². The summed E-state index contributed by atoms with van der Waals surface area (Å²) in [4.78, 5) is 13.8. The van der Waals surface area contributed by atoms with Crippen molar-refractivity contribution in [2.45, 2.75) is 19.4 Å². The van der Waals surface area contributed by atoms with E-state index in [4.69, 9.17) is 11.2 Å². The summed E-state index contributed by atoms with van der Waals surface area (Å²) in [5, 5.41) is 0. The van der Waals surface area contributed by atoms with E-state index in [1.165, 1.54) is 0 Å². The maximum Gasteiger partial charge on any atom is 0.224 e. The van der Waals surface area contributed by atoms with Crippen LogP contribution in [-0.2, 0) is 4.79 Å². The molecule has 1 saturated heterocycles. The van der Waals surface area contributed by atoms with E-state index >= 15 is 0 Å². The molecular formula is C15H17NO2. The van der Waals surface area contributed by atoms with Gasteiger partial charge in [-0.3, -0.25) is 4.79 Å². The molecule has 1 aromatic rings. The van der Waals surface area contributed by atoms with Crippen molar-refractivity contribution in [3.63, 3.8) is 0 Å². The maximum atomic E-state index is 11.9. The summed E-state index contributed by atoms with van der Waals surface area (Å²) in [6.45, 7) is 2.67. The molecule has 1 aliphatic heterocycles. The lowest BCUT2D eigenvalue weighted by molar-refractivity contribution is -0.129. The van der Waals surface area contributed by atoms with Crippen LogP contribution in [0.5, 0.6) is 5.75 Å². The Morgan fingerprint density at radius 3 is 2.94 bits per heavy atom. The molecule has 1 fully saturated rings. The summed E-state index contributed by atoms with van der Waals surface area (Å²) in [7, 11) is 1.64. The molecule has 0 aliphatic carbocycles. The average Bonchev–Trinajstić information content (AvgIpc) is 2.79. The number of likely N-dealkylation sites (tertiary alicyclic amines) is 1. The van der Waals surface area contributed by atoms with Crippen LogP contribution in [0, 0.1) is 18.3 Å². The van der Waals surface area contributed by atoms with Gasteiger partial charge < -0.3 is 9.64 Å². The first kappa shape index (κ1) is 12.5. The highest BCUT2D eigenvalue weighted by atomic mass is 16.5. The maximum absolute atomic E-state index is 11.9. The molecule has 3 heteroatoms. The monoisotopic (exact) mass is 243 g/mol. The van der Waals surface area contributed by atoms with Crippen molar-refractivity contribution < 1.29 is 9.53 Å². The summed E-state index contributed by atoms with van der Waals surface area (Å²) in [6, 6.07) is 7.83. The minimum Gasteiger partial charge on any atom is -0.497 e. The Morgan fingerprint density at radius 1 is 1.56 bits per heavy atom. The molecule has 1 aromatic carbocycles. The fraction of sp³-hybridized carbons (Fsp3) is 0.400. The van der Waals surface area contributed by atoms with Gasteiger partial charge in [-0.2, -0.15) is 0 Å². The van der Waals surface area contributed by atoms with Crippen molar-refractivity contribution in [3.05, 3.63) is 29.8 Å². The zero-order chi connectivity index (χ0) is 13.1. The Hall–Kier alpha value is -1.95. The first-order chi connectivity index (χ1) is 8.65. The van der Waals surface area contributed by atoms with Gasteiger partial charge in [0.05, 0.1) is 13.2 Å². The zero-order valence-corrected chi connectivity index (χ0v) is 10.7. The first-order valence-electron chi connectivity index (χ1n) is 6.05. The quantitative estimate of drug-likeness (QED) is 0.762. The molecular weight excluding hydrogens is 226 g/mol. The summed E-state index contributed by atoms with van der Waals surface area (Å²) in [6.07, 6.45) is 5.86. The highest BCUT2D eigenvalue weighted by Crippen LogP contribution is 2.29. The number of carbonyl (C=O) groups excluding carboxylic acids is 1. The number of terminal acetylenes is 1. The normalized spacial score (nSPS) is 20.6. The van der Waals surface area contributed by atoms with Crippen LogP contribution in [0.4, 0.5) is 0 Å². The van der Waals surface area contributed by atoms with E-state index in [1.807, 2.05) is 36.1 Å². The van der Waals surface area contributed by atoms with Crippen LogP contribution in [0.25, 0.3) is 0 Å². The van der Waals surface area contributed by atoms with Crippen LogP contribution in [0.2, 0.25) is 0 Å². The van der Waals surface area contributed by atoms with Gasteiger partial charge >= 0.3 is 0 Å². The fourth-order valence-electron chi connectivity index (χ4n) is 2.30. The van der Waals surface area contributed by atoms with Crippen molar-refractivity contribution >= 4 is 5.91 Å². The van der Waals surface area contributed by atoms with Gasteiger partial charge in [0.1, 0.15) is 5.75 Å². The number of benzene rings is 1. The summed E-state index contributed by atoms with van der Waals surface area (Å²) >= 11 is 0. The SMILES string of the molecule is C#CC1CC(=O)N(C(C)c2cccc(OC)c2)C1. The number of nitrogens with zero attached hydrogens (tertiary/aromatic N) is 1. The molecule has 0 saturated carbocycles. The van der Waals surface area contributed by atoms with Crippen molar-refractivity contribution in [2.75, 3.05) is 13.7 Å². The second-order valence-corrected chi connectivity index (χ2v) is 4.57. The Morgan fingerprint density at radius 2 is 2.33 bits per heavy atom. The molecule has 18 heavy (non-hydrogen) atoms. The van der Waals surface area contributed by atoms with Gasteiger partial charge in [0, 0.05) is 18.9 Å². The average molecular weight is 243 g/mol. The molecule has 2 rings (SSSR count). The van der Waals surface area contributed by atoms with Gasteiger partial charge in [0.15, 0.2) is 0 Å². The third kappa shape index (κ3) is 2.33. The molecule has 0 aromatic heterocycles. The van der Waals surface area contributed by atoms with Gasteiger partial charge in [-0.05, 0) is 24.6 Å². The van der Waals surface area contributed by atoms with Crippen molar-refractivity contribution in [3.8, 4) is 18.1 Å². The van der Waals surface area contributed by atoms with Crippen LogP contribution in [-0.4, -0.2) is 24.5 Å². The topological polar surface area (TPSA) is 29.5 Å². The first-order valence-corrected chi connectivity index (χ1v) is 6.05. The van der Waals surface area contributed by atoms with Crippen molar-refractivity contribution in [1.82, 2.24) is 4.90 Å². The van der Waals surface area contributed by atoms with Crippen LogP contribution >= 0.6 is 0 Å². The third-order valence-corrected chi connectivity index (χ3v) is 3.44. The molecule has 0 radical (unpaired) electrons. The van der Waals surface area contributed by atoms with Crippen molar-refractivity contribution in [2.24, 2.45) is 5.92 Å². The van der Waals surface area contributed by atoms with E-state index < -0.39 is 0 Å². The Bertz CT molecular complexity index is 490. The van der Waals surface area contributed by atoms with E-state index in [1.54, 1.807) is 7.11 Å². The number of hydrogen-bond acceptors (Lipinski definition) is 2. The molecule has 94 valence electrons. The van der Waals surface area contributed by atoms with Gasteiger partial charge in [0.25, 0.3) is 0 Å². The van der Waals surface area contributed by atoms with E-state index in [2.05, 4.69) is 5.92 Å². The molecule has 1 heterocycles. The summed E-state index contributed by atoms with van der Waals surface area (Å²) in [5.41, 5.74) is 1.07. The Balaban J connectivity index is 2.18. The Kier molecular flexibility index (Phi) is 3.57. The lowest BCUT2D eigenvalue weighted by Gasteiger charge is -2.25. The number of hydrogen-bond donors (Lipinski definition) is 0. The van der Waals surface area contributed by atoms with Gasteiger partial charge in [-0.1, -0.05) is 12.1 Å². The van der Waals surface area contributed by atoms with E-state index in [0.29, 0.717) is 13.0 Å². The van der Waals surface area contributed by atoms with Gasteiger partial charge in [-0.15, -0.1) is 12.3 Å². The number of rotatable bonds is 3. The molecule has 1 amide bonds. The van der Waals surface area contributed by atoms with Crippen LogP contribution in [0.1, 0.15) is 24.9 Å². The highest BCUT2D eigenvalue weighted by Gasteiger charge is 2.32. The molecule has 0 bridgehead atoms. The molecule has 0 spiro atoms. The molecule has 3 nitrogen and oxygen atoms in total. The van der Waals surface area contributed by atoms with Crippen LogP contribution < -0.4 is 4.74 Å². The van der Waals surface area contributed by atoms with E-state index in [9.17, 15) is 4.79 Å². The second-order valence-electron chi connectivity index (χ2n) is 4.57. The standard InChI is InChI=1S/C15H17NO2/c1-4-12-8-15(17)16(10-12)11(2)13-6-5-7-14(9-13)18-3/h1,5-7,9,11-12H,8,10H2,2-3H3. The molecule has 1 aliphatic rings. The predicted octanol–water partition coefficient (Wildman–Crippen LogP) is 2.24. The van der Waals surface area contributed by atoms with Gasteiger partial charge in [0.2, 0.25) is 5.91 Å². The predicted molar refractivity (Wildman–Crippen MR) is 70.1 cm³/mol. The lowest BCUT2D eigenvalue weighted by Crippen LogP contribution is -2.28. The number of ether oxygens (including phenoxy) is 1. The summed E-state index contributed by atoms with van der Waals surface area (Å²) < 4.78 is 5.20. The second kappa shape index (κ2) is 5.14. The highest BCUT2D eigenvalue weighted by molar-refractivity contribution is 5.79.